The van der Waals surface area contributed by atoms with Crippen LogP contribution in [0, 0.1) is 12.8 Å². The van der Waals surface area contributed by atoms with Crippen molar-refractivity contribution in [1.29, 1.82) is 0 Å². The van der Waals surface area contributed by atoms with Crippen LogP contribution in [0.5, 0.6) is 0 Å². The summed E-state index contributed by atoms with van der Waals surface area (Å²) in [6, 6.07) is 3.22. The molecule has 1 amide bonds. The summed E-state index contributed by atoms with van der Waals surface area (Å²) in [4.78, 5) is 22.9. The summed E-state index contributed by atoms with van der Waals surface area (Å²) in [5.74, 6) is 0.291. The van der Waals surface area contributed by atoms with Crippen LogP contribution in [0.1, 0.15) is 19.4 Å². The molecule has 0 spiro atoms. The van der Waals surface area contributed by atoms with Crippen LogP contribution in [0.15, 0.2) is 23.1 Å². The van der Waals surface area contributed by atoms with Gasteiger partial charge < -0.3 is 9.88 Å². The second-order valence-corrected chi connectivity index (χ2v) is 4.37. The van der Waals surface area contributed by atoms with Crippen LogP contribution in [0.2, 0.25) is 0 Å². The van der Waals surface area contributed by atoms with Crippen molar-refractivity contribution in [2.24, 2.45) is 5.92 Å². The summed E-state index contributed by atoms with van der Waals surface area (Å²) in [5, 5.41) is 2.78. The van der Waals surface area contributed by atoms with Gasteiger partial charge in [0, 0.05) is 18.8 Å². The summed E-state index contributed by atoms with van der Waals surface area (Å²) in [5.41, 5.74) is 0.821. The Labute approximate surface area is 95.3 Å². The number of aromatic nitrogens is 1. The molecule has 88 valence electrons. The van der Waals surface area contributed by atoms with Crippen LogP contribution in [0.3, 0.4) is 0 Å². The summed E-state index contributed by atoms with van der Waals surface area (Å²) in [7, 11) is 0. The zero-order valence-electron chi connectivity index (χ0n) is 9.99. The largest absolute Gasteiger partial charge is 0.354 e. The Balaban J connectivity index is 2.62. The average molecular weight is 222 g/mol. The molecule has 4 heteroatoms. The number of hydrogen-bond acceptors (Lipinski definition) is 2. The van der Waals surface area contributed by atoms with Crippen LogP contribution in [0.4, 0.5) is 0 Å². The molecule has 0 aliphatic rings. The lowest BCUT2D eigenvalue weighted by Gasteiger charge is -2.09. The molecule has 1 aromatic heterocycles. The van der Waals surface area contributed by atoms with Gasteiger partial charge >= 0.3 is 0 Å². The quantitative estimate of drug-likeness (QED) is 0.824. The predicted octanol–water partition coefficient (Wildman–Crippen LogP) is 0.929. The highest BCUT2D eigenvalue weighted by molar-refractivity contribution is 5.75. The van der Waals surface area contributed by atoms with Gasteiger partial charge in [-0.05, 0) is 18.4 Å². The van der Waals surface area contributed by atoms with Crippen LogP contribution in [-0.4, -0.2) is 17.0 Å². The van der Waals surface area contributed by atoms with E-state index >= 15 is 0 Å². The number of nitrogens with zero attached hydrogens (tertiary/aromatic N) is 1. The molecule has 1 rings (SSSR count). The fourth-order valence-corrected chi connectivity index (χ4v) is 1.30. The molecule has 0 saturated carbocycles. The number of nitrogens with one attached hydrogen (secondary N) is 1. The number of pyridine rings is 1. The first-order valence-electron chi connectivity index (χ1n) is 5.43. The molecule has 0 saturated heterocycles. The number of amides is 1. The topological polar surface area (TPSA) is 51.1 Å². The zero-order chi connectivity index (χ0) is 12.1. The molecule has 0 radical (unpaired) electrons. The molecule has 0 unspecified atom stereocenters. The first-order chi connectivity index (χ1) is 7.49. The van der Waals surface area contributed by atoms with E-state index in [9.17, 15) is 9.59 Å². The smallest absolute Gasteiger partial charge is 0.251 e. The molecule has 0 aliphatic heterocycles. The normalized spacial score (nSPS) is 10.5. The van der Waals surface area contributed by atoms with Gasteiger partial charge in [0.15, 0.2) is 0 Å². The third-order valence-electron chi connectivity index (χ3n) is 2.15. The van der Waals surface area contributed by atoms with E-state index in [4.69, 9.17) is 0 Å². The summed E-state index contributed by atoms with van der Waals surface area (Å²) in [6.45, 7) is 6.67. The molecule has 4 nitrogen and oxygen atoms in total. The highest BCUT2D eigenvalue weighted by Crippen LogP contribution is 1.92. The van der Waals surface area contributed by atoms with Crippen molar-refractivity contribution in [3.8, 4) is 0 Å². The highest BCUT2D eigenvalue weighted by Gasteiger charge is 2.04. The van der Waals surface area contributed by atoms with E-state index < -0.39 is 0 Å². The molecule has 0 fully saturated rings. The van der Waals surface area contributed by atoms with Gasteiger partial charge in [0.25, 0.3) is 5.56 Å². The first-order valence-corrected chi connectivity index (χ1v) is 5.43. The monoisotopic (exact) mass is 222 g/mol. The van der Waals surface area contributed by atoms with Crippen molar-refractivity contribution in [1.82, 2.24) is 9.88 Å². The van der Waals surface area contributed by atoms with Gasteiger partial charge in [-0.3, -0.25) is 9.59 Å². The second-order valence-electron chi connectivity index (χ2n) is 4.37. The fourth-order valence-electron chi connectivity index (χ4n) is 1.30. The summed E-state index contributed by atoms with van der Waals surface area (Å²) in [6.07, 6.45) is 1.69. The van der Waals surface area contributed by atoms with Gasteiger partial charge in [-0.2, -0.15) is 0 Å². The number of rotatable bonds is 4. The van der Waals surface area contributed by atoms with Gasteiger partial charge in [-0.25, -0.2) is 0 Å². The summed E-state index contributed by atoms with van der Waals surface area (Å²) < 4.78 is 1.42. The van der Waals surface area contributed by atoms with Gasteiger partial charge in [-0.1, -0.05) is 19.9 Å². The lowest BCUT2D eigenvalue weighted by molar-refractivity contribution is -0.121. The average Bonchev–Trinajstić information content (AvgIpc) is 2.20. The SMILES string of the molecule is Cc1ccc(=O)n(CC(=O)NCC(C)C)c1. The van der Waals surface area contributed by atoms with E-state index in [0.717, 1.165) is 5.56 Å². The van der Waals surface area contributed by atoms with E-state index in [1.165, 1.54) is 10.6 Å². The molecular formula is C12H18N2O2. The van der Waals surface area contributed by atoms with Crippen LogP contribution in [0.25, 0.3) is 0 Å². The second kappa shape index (κ2) is 5.49. The van der Waals surface area contributed by atoms with Crippen molar-refractivity contribution >= 4 is 5.91 Å². The maximum atomic E-state index is 11.5. The minimum Gasteiger partial charge on any atom is -0.354 e. The number of carbonyl (C=O) groups is 1. The molecule has 1 aromatic rings. The third-order valence-corrected chi connectivity index (χ3v) is 2.15. The number of aryl methyl sites for hydroxylation is 1. The third kappa shape index (κ3) is 3.88. The van der Waals surface area contributed by atoms with E-state index in [2.05, 4.69) is 5.32 Å². The highest BCUT2D eigenvalue weighted by atomic mass is 16.2. The Hall–Kier alpha value is -1.58. The maximum Gasteiger partial charge on any atom is 0.251 e. The van der Waals surface area contributed by atoms with Crippen LogP contribution in [-0.2, 0) is 11.3 Å². The van der Waals surface area contributed by atoms with Crippen molar-refractivity contribution in [2.75, 3.05) is 6.54 Å². The lowest BCUT2D eigenvalue weighted by atomic mass is 10.2. The molecule has 0 bridgehead atoms. The Morgan fingerprint density at radius 1 is 1.44 bits per heavy atom. The fraction of sp³-hybridized carbons (Fsp3) is 0.500. The van der Waals surface area contributed by atoms with E-state index in [0.29, 0.717) is 12.5 Å². The van der Waals surface area contributed by atoms with E-state index in [-0.39, 0.29) is 18.0 Å². The van der Waals surface area contributed by atoms with Crippen molar-refractivity contribution < 1.29 is 4.79 Å². The minimum atomic E-state index is -0.148. The van der Waals surface area contributed by atoms with Gasteiger partial charge in [-0.15, -0.1) is 0 Å². The number of carbonyl (C=O) groups excluding carboxylic acids is 1. The first kappa shape index (κ1) is 12.5. The molecule has 16 heavy (non-hydrogen) atoms. The minimum absolute atomic E-state index is 0.0905. The molecule has 0 atom stereocenters. The lowest BCUT2D eigenvalue weighted by Crippen LogP contribution is -2.33. The van der Waals surface area contributed by atoms with Crippen LogP contribution >= 0.6 is 0 Å². The number of hydrogen-bond donors (Lipinski definition) is 1. The molecule has 0 aliphatic carbocycles. The Bertz CT molecular complexity index is 421. The van der Waals surface area contributed by atoms with Crippen molar-refractivity contribution in [3.63, 3.8) is 0 Å². The molecule has 1 N–H and O–H groups in total. The Morgan fingerprint density at radius 2 is 2.12 bits per heavy atom. The van der Waals surface area contributed by atoms with Gasteiger partial charge in [0.1, 0.15) is 6.54 Å². The van der Waals surface area contributed by atoms with Crippen molar-refractivity contribution in [3.05, 3.63) is 34.2 Å². The molecule has 0 aromatic carbocycles. The maximum absolute atomic E-state index is 11.5. The van der Waals surface area contributed by atoms with Gasteiger partial charge in [0.05, 0.1) is 0 Å². The summed E-state index contributed by atoms with van der Waals surface area (Å²) >= 11 is 0. The van der Waals surface area contributed by atoms with E-state index in [1.54, 1.807) is 12.3 Å². The Morgan fingerprint density at radius 3 is 2.75 bits per heavy atom. The zero-order valence-corrected chi connectivity index (χ0v) is 9.99. The standard InChI is InChI=1S/C12H18N2O2/c1-9(2)6-13-11(15)8-14-7-10(3)4-5-12(14)16/h4-5,7,9H,6,8H2,1-3H3,(H,13,15). The van der Waals surface area contributed by atoms with Crippen LogP contribution < -0.4 is 10.9 Å². The predicted molar refractivity (Wildman–Crippen MR) is 63.3 cm³/mol. The van der Waals surface area contributed by atoms with E-state index in [1.807, 2.05) is 20.8 Å². The van der Waals surface area contributed by atoms with Gasteiger partial charge in [0.2, 0.25) is 5.91 Å². The Kier molecular flexibility index (Phi) is 4.28. The molecular weight excluding hydrogens is 204 g/mol. The van der Waals surface area contributed by atoms with Crippen molar-refractivity contribution in [2.45, 2.75) is 27.3 Å². The molecule has 1 heterocycles.